The Labute approximate surface area is 703 Å². The Balaban J connectivity index is 0.000000610. The van der Waals surface area contributed by atoms with Crippen LogP contribution in [-0.4, -0.2) is 292 Å². The number of fused-ring (bicyclic) bond motifs is 4. The maximum Gasteiger partial charge on any atom is 0.331 e. The topological polar surface area (TPSA) is 382 Å². The van der Waals surface area contributed by atoms with Gasteiger partial charge in [0.2, 0.25) is 12.8 Å². The third kappa shape index (κ3) is 33.6. The van der Waals surface area contributed by atoms with Gasteiger partial charge in [-0.2, -0.15) is 0 Å². The van der Waals surface area contributed by atoms with Crippen molar-refractivity contribution in [2.24, 2.45) is 65.1 Å². The van der Waals surface area contributed by atoms with E-state index in [4.69, 9.17) is 56.8 Å². The molecule has 0 saturated heterocycles. The van der Waals surface area contributed by atoms with E-state index >= 15 is 0 Å². The van der Waals surface area contributed by atoms with Gasteiger partial charge in [0.1, 0.15) is 29.4 Å². The van der Waals surface area contributed by atoms with Crippen LogP contribution in [0.2, 0.25) is 0 Å². The van der Waals surface area contributed by atoms with Crippen molar-refractivity contribution >= 4 is 36.3 Å². The lowest BCUT2D eigenvalue weighted by atomic mass is 9.77. The quantitative estimate of drug-likeness (QED) is 0.0173. The van der Waals surface area contributed by atoms with Crippen LogP contribution in [0.5, 0.6) is 0 Å². The van der Waals surface area contributed by atoms with E-state index < -0.39 is 169 Å². The minimum atomic E-state index is -1.54. The molecule has 0 saturated carbocycles. The lowest BCUT2D eigenvalue weighted by Crippen LogP contribution is -2.55. The highest BCUT2D eigenvalue weighted by Crippen LogP contribution is 2.38. The summed E-state index contributed by atoms with van der Waals surface area (Å²) in [5, 5.41) is 89.8. The normalized spacial score (nSPS) is 33.8. The molecule has 4 rings (SSSR count). The zero-order chi connectivity index (χ0) is 89.0. The van der Waals surface area contributed by atoms with E-state index in [2.05, 4.69) is 0 Å². The molecule has 4 bridgehead atoms. The summed E-state index contributed by atoms with van der Waals surface area (Å²) in [5.74, 6) is -6.16. The molecule has 8 N–H and O–H groups in total. The first kappa shape index (κ1) is 107. The first-order valence-corrected chi connectivity index (χ1v) is 41.9. The summed E-state index contributed by atoms with van der Waals surface area (Å²) in [5.41, 5.74) is -0.502. The van der Waals surface area contributed by atoms with Crippen molar-refractivity contribution in [2.75, 3.05) is 77.6 Å². The van der Waals surface area contributed by atoms with Gasteiger partial charge in [0.15, 0.2) is 0 Å². The van der Waals surface area contributed by atoms with Crippen LogP contribution in [0.15, 0.2) is 96.5 Å². The Bertz CT molecular complexity index is 3210. The van der Waals surface area contributed by atoms with Gasteiger partial charge in [0.05, 0.1) is 116 Å². The summed E-state index contributed by atoms with van der Waals surface area (Å²) in [4.78, 5) is 78.7. The summed E-state index contributed by atoms with van der Waals surface area (Å²) in [6.07, 6.45) is 13.4. The minimum Gasteiger partial charge on any atom is -0.458 e. The number of allylic oxidation sites excluding steroid dienone is 4. The molecule has 118 heavy (non-hydrogen) atoms. The molecule has 0 fully saturated rings. The highest BCUT2D eigenvalue weighted by molar-refractivity contribution is 5.83. The SMILES string of the molecule is CO[C@H]([C@H](C)/C=C/N(C)C=O)[C@@H](C)C(=O)CC[C@H](C)[C@H](O)[C@H](C)[C@H]1OC(=O)C=C/C(C)=C/[C@H](O)[C@H](O)C[C@@H]2C=CC[C@@H](C[C@H](OC)[C@@H](CO)[C@@H](OC)C[C@@H](OC)[C@@H]1C)O2.CO[C@H]([C@H](C)/C=C/N(C)C=O)[C@@H](C)C(=O)CC[C@H](C)[C@H](O)[C@H](C)[C@H]1OC(=O)C=C/C(C)=C/[C@H](O)[C@H](O)C[C@@H]2C=CC[C@@H](C[C@H](OC)[C@](C)(O)[C@@H](OC)C[C@@H](OC)[C@@H]1C)O2. The maximum absolute atomic E-state index is 13.5. The number of cyclic esters (lactones) is 2. The number of hydrogen-bond donors (Lipinski definition) is 8. The number of aliphatic hydroxyl groups is 8. The summed E-state index contributed by atoms with van der Waals surface area (Å²) < 4.78 is 72.0. The Morgan fingerprint density at radius 3 is 1.26 bits per heavy atom. The van der Waals surface area contributed by atoms with E-state index in [-0.39, 0.29) is 86.2 Å². The Kier molecular flexibility index (Phi) is 48.9. The van der Waals surface area contributed by atoms with Gasteiger partial charge >= 0.3 is 11.9 Å². The van der Waals surface area contributed by atoms with Gasteiger partial charge in [-0.05, 0) is 58.3 Å². The molecular formula is C90H150N2O26. The molecule has 4 aliphatic rings. The average Bonchev–Trinajstić information content (AvgIpc) is 0.798. The van der Waals surface area contributed by atoms with Crippen molar-refractivity contribution in [3.05, 3.63) is 96.5 Å². The molecule has 0 aliphatic carbocycles. The van der Waals surface area contributed by atoms with E-state index in [0.717, 1.165) is 0 Å². The van der Waals surface area contributed by atoms with Crippen molar-refractivity contribution in [1.29, 1.82) is 0 Å². The van der Waals surface area contributed by atoms with E-state index in [0.29, 0.717) is 68.9 Å². The standard InChI is InChI=1S/2C45H75NO13/c1-27-16-19-41(51)59-44(32(6)42(52)28(2)17-18-35(48)30(4)43(57-12)29(3)20-21-46(8)26-47)31(5)38(54-9)25-40(56-11)45(7,53)39(55-10)24-34-15-13-14-33(58-34)23-37(50)36(49)22-27;1-27-15-18-42(52)59-45(32(6)43(53)28(2)16-17-36(49)30(4)44(57-11)29(3)19-20-46(7)26-48)31(5)39(54-8)24-41(56-10)35(25-47)40(55-9)23-34-14-12-13-33(58-34)22-38(51)37(50)21-27/h13-14,16,19-22,26,28-34,36-40,42-44,49-50,52-53H,15,17-18,23-25H2,1-12H3;12-13,15,18-21,26,28-35,37-41,43-45,47,50-51,53H,14,16-17,22-25H2,1-11H3/b19-16?,21-20+,27-22+;18-15?,20-19+,27-21+/t28-,29+,30-,31-,32-,33-,34-,36-,37+,38+,39-,40-,42-,43+,44-,45-;28-,29+,30-,31-,32-,33-,34-,35+,37-,38+,39+,40-,41-,43-,44+,45-/m00/s1. The van der Waals surface area contributed by atoms with Gasteiger partial charge in [0.25, 0.3) is 0 Å². The van der Waals surface area contributed by atoms with Crippen LogP contribution in [0, 0.1) is 65.1 Å². The molecule has 28 heteroatoms. The molecule has 4 heterocycles. The van der Waals surface area contributed by atoms with E-state index in [1.54, 1.807) is 96.7 Å². The average molecular weight is 1680 g/mol. The van der Waals surface area contributed by atoms with Crippen molar-refractivity contribution in [1.82, 2.24) is 9.80 Å². The predicted molar refractivity (Wildman–Crippen MR) is 448 cm³/mol. The second-order valence-electron chi connectivity index (χ2n) is 33.7. The molecule has 0 unspecified atom stereocenters. The Morgan fingerprint density at radius 1 is 0.542 bits per heavy atom. The highest BCUT2D eigenvalue weighted by Gasteiger charge is 2.47. The number of methoxy groups -OCH3 is 8. The molecule has 4 aliphatic heterocycles. The third-order valence-corrected chi connectivity index (χ3v) is 24.8. The Hall–Kier alpha value is -5.58. The largest absolute Gasteiger partial charge is 0.458 e. The summed E-state index contributed by atoms with van der Waals surface area (Å²) in [7, 11) is 15.6. The molecular weight excluding hydrogens is 1520 g/mol. The van der Waals surface area contributed by atoms with E-state index in [1.807, 2.05) is 91.8 Å². The van der Waals surface area contributed by atoms with Crippen LogP contribution in [0.3, 0.4) is 0 Å². The fourth-order valence-corrected chi connectivity index (χ4v) is 16.8. The number of esters is 2. The van der Waals surface area contributed by atoms with Crippen molar-refractivity contribution in [3.8, 4) is 0 Å². The summed E-state index contributed by atoms with van der Waals surface area (Å²) in [6.45, 7) is 23.3. The predicted octanol–water partition coefficient (Wildman–Crippen LogP) is 8.50. The first-order chi connectivity index (χ1) is 55.7. The highest BCUT2D eigenvalue weighted by atomic mass is 16.6. The molecule has 0 radical (unpaired) electrons. The van der Waals surface area contributed by atoms with E-state index in [9.17, 15) is 69.6 Å². The molecule has 0 spiro atoms. The van der Waals surface area contributed by atoms with Gasteiger partial charge < -0.3 is 107 Å². The van der Waals surface area contributed by atoms with Crippen molar-refractivity contribution < 1.29 is 126 Å². The second kappa shape index (κ2) is 54.1. The number of ether oxygens (including phenoxy) is 12. The number of aliphatic hydroxyl groups excluding tert-OH is 7. The van der Waals surface area contributed by atoms with Gasteiger partial charge in [-0.25, -0.2) is 9.59 Å². The van der Waals surface area contributed by atoms with Crippen LogP contribution < -0.4 is 0 Å². The first-order valence-electron chi connectivity index (χ1n) is 41.9. The summed E-state index contributed by atoms with van der Waals surface area (Å²) >= 11 is 0. The second-order valence-corrected chi connectivity index (χ2v) is 33.7. The van der Waals surface area contributed by atoms with Gasteiger partial charge in [-0.3, -0.25) is 19.2 Å². The molecule has 0 aromatic heterocycles. The third-order valence-electron chi connectivity index (χ3n) is 24.8. The minimum absolute atomic E-state index is 0.0229. The van der Waals surface area contributed by atoms with Crippen molar-refractivity contribution in [3.63, 3.8) is 0 Å². The number of carbonyl (C=O) groups is 6. The number of Topliss-reactive ketones (excluding diaryl/α,β-unsaturated/α-hetero) is 2. The number of hydrogen-bond acceptors (Lipinski definition) is 26. The molecule has 2 amide bonds. The van der Waals surface area contributed by atoms with Crippen LogP contribution in [0.25, 0.3) is 0 Å². The number of rotatable bonds is 33. The number of amides is 2. The zero-order valence-corrected chi connectivity index (χ0v) is 74.6. The van der Waals surface area contributed by atoms with Gasteiger partial charge in [-0.1, -0.05) is 141 Å². The molecule has 676 valence electrons. The number of ketones is 2. The molecule has 0 aromatic rings. The monoisotopic (exact) mass is 1680 g/mol. The lowest BCUT2D eigenvalue weighted by Gasteiger charge is -2.42. The summed E-state index contributed by atoms with van der Waals surface area (Å²) in [6, 6.07) is 0. The molecule has 32 atom stereocenters. The molecule has 0 aromatic carbocycles. The fraction of sp³-hybridized carbons (Fsp3) is 0.756. The molecule has 28 nitrogen and oxygen atoms in total. The van der Waals surface area contributed by atoms with Gasteiger partial charge in [-0.15, -0.1) is 0 Å². The van der Waals surface area contributed by atoms with Crippen molar-refractivity contribution in [2.45, 2.75) is 295 Å². The van der Waals surface area contributed by atoms with Gasteiger partial charge in [0, 0.05) is 200 Å². The Morgan fingerprint density at radius 2 is 0.907 bits per heavy atom. The van der Waals surface area contributed by atoms with Crippen LogP contribution in [0.1, 0.15) is 167 Å². The number of nitrogens with zero attached hydrogens (tertiary/aromatic N) is 2. The number of carbonyl (C=O) groups excluding carboxylic acids is 6. The van der Waals surface area contributed by atoms with E-state index in [1.165, 1.54) is 67.6 Å². The van der Waals surface area contributed by atoms with Crippen LogP contribution in [-0.2, 0) is 85.6 Å². The fourth-order valence-electron chi connectivity index (χ4n) is 16.8. The van der Waals surface area contributed by atoms with Crippen LogP contribution in [0.4, 0.5) is 0 Å². The van der Waals surface area contributed by atoms with Crippen LogP contribution >= 0.6 is 0 Å². The maximum atomic E-state index is 13.5. The smallest absolute Gasteiger partial charge is 0.331 e. The zero-order valence-electron chi connectivity index (χ0n) is 74.6. The lowest BCUT2D eigenvalue weighted by molar-refractivity contribution is -0.184.